The monoisotopic (exact) mass is 262 g/mol. The van der Waals surface area contributed by atoms with Crippen molar-refractivity contribution in [3.8, 4) is 5.75 Å². The van der Waals surface area contributed by atoms with Gasteiger partial charge in [0.25, 0.3) is 5.91 Å². The molecule has 0 heterocycles. The van der Waals surface area contributed by atoms with Crippen LogP contribution in [0.25, 0.3) is 0 Å². The quantitative estimate of drug-likeness (QED) is 0.822. The Labute approximate surface area is 114 Å². The summed E-state index contributed by atoms with van der Waals surface area (Å²) >= 11 is 0. The van der Waals surface area contributed by atoms with E-state index in [1.807, 2.05) is 19.2 Å². The number of carbonyl (C=O) groups is 1. The highest BCUT2D eigenvalue weighted by Gasteiger charge is 2.36. The molecule has 104 valence electrons. The van der Waals surface area contributed by atoms with Gasteiger partial charge >= 0.3 is 0 Å². The van der Waals surface area contributed by atoms with Crippen molar-refractivity contribution < 1.29 is 9.53 Å². The Morgan fingerprint density at radius 1 is 1.26 bits per heavy atom. The Bertz CT molecular complexity index is 424. The van der Waals surface area contributed by atoms with Crippen LogP contribution in [0.2, 0.25) is 0 Å². The summed E-state index contributed by atoms with van der Waals surface area (Å²) in [4.78, 5) is 12.1. The molecule has 0 atom stereocenters. The molecule has 1 aliphatic carbocycles. The third kappa shape index (κ3) is 3.26. The number of ether oxygens (including phenoxy) is 1. The number of rotatable bonds is 6. The summed E-state index contributed by atoms with van der Waals surface area (Å²) in [6.07, 6.45) is 3.65. The molecule has 1 fully saturated rings. The number of hydrogen-bond donors (Lipinski definition) is 2. The number of hydrogen-bond acceptors (Lipinski definition) is 3. The summed E-state index contributed by atoms with van der Waals surface area (Å²) in [6.45, 7) is 1.72. The predicted octanol–water partition coefficient (Wildman–Crippen LogP) is 1.81. The molecular weight excluding hydrogens is 240 g/mol. The fourth-order valence-electron chi connectivity index (χ4n) is 2.58. The van der Waals surface area contributed by atoms with Crippen LogP contribution in [0.3, 0.4) is 0 Å². The second-order valence-electron chi connectivity index (χ2n) is 5.30. The number of benzene rings is 1. The largest absolute Gasteiger partial charge is 0.497 e. The zero-order chi connectivity index (χ0) is 13.7. The zero-order valence-electron chi connectivity index (χ0n) is 11.7. The Morgan fingerprint density at radius 3 is 2.42 bits per heavy atom. The van der Waals surface area contributed by atoms with Crippen molar-refractivity contribution in [2.45, 2.75) is 19.3 Å². The van der Waals surface area contributed by atoms with Crippen LogP contribution in [0, 0.1) is 5.41 Å². The highest BCUT2D eigenvalue weighted by molar-refractivity contribution is 5.94. The van der Waals surface area contributed by atoms with Crippen LogP contribution in [0.15, 0.2) is 24.3 Å². The second kappa shape index (κ2) is 6.06. The summed E-state index contributed by atoms with van der Waals surface area (Å²) < 4.78 is 5.08. The van der Waals surface area contributed by atoms with E-state index in [2.05, 4.69) is 10.6 Å². The van der Waals surface area contributed by atoms with Gasteiger partial charge in [-0.15, -0.1) is 0 Å². The van der Waals surface area contributed by atoms with E-state index in [1.165, 1.54) is 19.3 Å². The molecule has 1 aromatic carbocycles. The molecule has 1 amide bonds. The van der Waals surface area contributed by atoms with Crippen molar-refractivity contribution in [2.75, 3.05) is 27.2 Å². The highest BCUT2D eigenvalue weighted by atomic mass is 16.5. The van der Waals surface area contributed by atoms with E-state index >= 15 is 0 Å². The number of carbonyl (C=O) groups excluding carboxylic acids is 1. The van der Waals surface area contributed by atoms with Crippen LogP contribution >= 0.6 is 0 Å². The molecule has 1 aliphatic rings. The topological polar surface area (TPSA) is 50.4 Å². The molecule has 0 spiro atoms. The fraction of sp³-hybridized carbons (Fsp3) is 0.533. The third-order valence-corrected chi connectivity index (χ3v) is 3.94. The Morgan fingerprint density at radius 2 is 1.95 bits per heavy atom. The molecule has 0 aromatic heterocycles. The Balaban J connectivity index is 1.89. The maximum absolute atomic E-state index is 12.1. The van der Waals surface area contributed by atoms with E-state index in [9.17, 15) is 4.79 Å². The van der Waals surface area contributed by atoms with Crippen LogP contribution in [0.1, 0.15) is 29.6 Å². The fourth-order valence-corrected chi connectivity index (χ4v) is 2.58. The summed E-state index contributed by atoms with van der Waals surface area (Å²) in [6, 6.07) is 7.20. The molecule has 4 nitrogen and oxygen atoms in total. The van der Waals surface area contributed by atoms with Crippen molar-refractivity contribution in [1.82, 2.24) is 10.6 Å². The van der Waals surface area contributed by atoms with Gasteiger partial charge in [-0.1, -0.05) is 6.42 Å². The SMILES string of the molecule is CNCC1(CNC(=O)c2ccc(OC)cc2)CCC1. The smallest absolute Gasteiger partial charge is 0.251 e. The number of nitrogens with one attached hydrogen (secondary N) is 2. The first-order chi connectivity index (χ1) is 9.19. The molecule has 2 rings (SSSR count). The van der Waals surface area contributed by atoms with Crippen molar-refractivity contribution in [1.29, 1.82) is 0 Å². The van der Waals surface area contributed by atoms with Gasteiger partial charge in [-0.05, 0) is 44.2 Å². The van der Waals surface area contributed by atoms with E-state index in [1.54, 1.807) is 19.2 Å². The van der Waals surface area contributed by atoms with Crippen LogP contribution in [0.5, 0.6) is 5.75 Å². The van der Waals surface area contributed by atoms with E-state index in [0.29, 0.717) is 5.56 Å². The predicted molar refractivity (Wildman–Crippen MR) is 75.5 cm³/mol. The Hall–Kier alpha value is -1.55. The lowest BCUT2D eigenvalue weighted by molar-refractivity contribution is 0.0862. The van der Waals surface area contributed by atoms with Gasteiger partial charge in [0.1, 0.15) is 5.75 Å². The molecule has 1 aromatic rings. The standard InChI is InChI=1S/C15H22N2O2/c1-16-10-15(8-3-9-15)11-17-14(18)12-4-6-13(19-2)7-5-12/h4-7,16H,3,8-11H2,1-2H3,(H,17,18). The minimum absolute atomic E-state index is 0.00923. The maximum Gasteiger partial charge on any atom is 0.251 e. The van der Waals surface area contributed by atoms with Crippen molar-refractivity contribution in [3.05, 3.63) is 29.8 Å². The minimum Gasteiger partial charge on any atom is -0.497 e. The van der Waals surface area contributed by atoms with Crippen LogP contribution in [0.4, 0.5) is 0 Å². The van der Waals surface area contributed by atoms with Crippen LogP contribution in [-0.4, -0.2) is 33.2 Å². The normalized spacial score (nSPS) is 16.5. The molecule has 1 saturated carbocycles. The zero-order valence-corrected chi connectivity index (χ0v) is 11.7. The molecule has 0 unspecified atom stereocenters. The summed E-state index contributed by atoms with van der Waals surface area (Å²) in [5, 5.41) is 6.27. The lowest BCUT2D eigenvalue weighted by atomic mass is 9.68. The second-order valence-corrected chi connectivity index (χ2v) is 5.30. The molecule has 19 heavy (non-hydrogen) atoms. The lowest BCUT2D eigenvalue weighted by Crippen LogP contribution is -2.47. The van der Waals surface area contributed by atoms with Gasteiger partial charge in [-0.3, -0.25) is 4.79 Å². The highest BCUT2D eigenvalue weighted by Crippen LogP contribution is 2.39. The molecule has 0 saturated heterocycles. The lowest BCUT2D eigenvalue weighted by Gasteiger charge is -2.42. The van der Waals surface area contributed by atoms with Gasteiger partial charge in [0.05, 0.1) is 7.11 Å². The summed E-state index contributed by atoms with van der Waals surface area (Å²) in [7, 11) is 3.58. The van der Waals surface area contributed by atoms with E-state index in [0.717, 1.165) is 18.8 Å². The molecule has 0 bridgehead atoms. The molecule has 4 heteroatoms. The average Bonchev–Trinajstić information content (AvgIpc) is 2.41. The third-order valence-electron chi connectivity index (χ3n) is 3.94. The first kappa shape index (κ1) is 13.9. The summed E-state index contributed by atoms with van der Waals surface area (Å²) in [5.74, 6) is 0.757. The van der Waals surface area contributed by atoms with Gasteiger partial charge in [-0.25, -0.2) is 0 Å². The van der Waals surface area contributed by atoms with E-state index in [-0.39, 0.29) is 11.3 Å². The molecular formula is C15H22N2O2. The van der Waals surface area contributed by atoms with Crippen LogP contribution in [-0.2, 0) is 0 Å². The van der Waals surface area contributed by atoms with Crippen molar-refractivity contribution in [2.24, 2.45) is 5.41 Å². The molecule has 2 N–H and O–H groups in total. The average molecular weight is 262 g/mol. The van der Waals surface area contributed by atoms with Crippen LogP contribution < -0.4 is 15.4 Å². The Kier molecular flexibility index (Phi) is 4.43. The maximum atomic E-state index is 12.1. The first-order valence-electron chi connectivity index (χ1n) is 6.76. The van der Waals surface area contributed by atoms with E-state index in [4.69, 9.17) is 4.74 Å². The minimum atomic E-state index is -0.00923. The summed E-state index contributed by atoms with van der Waals surface area (Å²) in [5.41, 5.74) is 0.941. The number of methoxy groups -OCH3 is 1. The van der Waals surface area contributed by atoms with Gasteiger partial charge in [0.2, 0.25) is 0 Å². The van der Waals surface area contributed by atoms with Gasteiger partial charge < -0.3 is 15.4 Å². The van der Waals surface area contributed by atoms with E-state index < -0.39 is 0 Å². The van der Waals surface area contributed by atoms with Gasteiger partial charge in [-0.2, -0.15) is 0 Å². The first-order valence-corrected chi connectivity index (χ1v) is 6.76. The van der Waals surface area contributed by atoms with Crippen molar-refractivity contribution >= 4 is 5.91 Å². The van der Waals surface area contributed by atoms with Gasteiger partial charge in [0, 0.05) is 24.1 Å². The molecule has 0 aliphatic heterocycles. The number of amides is 1. The van der Waals surface area contributed by atoms with Crippen molar-refractivity contribution in [3.63, 3.8) is 0 Å². The van der Waals surface area contributed by atoms with Gasteiger partial charge in [0.15, 0.2) is 0 Å². The molecule has 0 radical (unpaired) electrons.